The van der Waals surface area contributed by atoms with E-state index in [0.717, 1.165) is 11.1 Å². The predicted molar refractivity (Wildman–Crippen MR) is 153 cm³/mol. The maximum atomic E-state index is 13.3. The summed E-state index contributed by atoms with van der Waals surface area (Å²) in [5.41, 5.74) is 2.43. The second-order valence-electron chi connectivity index (χ2n) is 9.79. The Balaban J connectivity index is 1.41. The highest BCUT2D eigenvalue weighted by atomic mass is 16.7. The van der Waals surface area contributed by atoms with Gasteiger partial charge in [0.2, 0.25) is 0 Å². The first-order valence-corrected chi connectivity index (χ1v) is 13.7. The first kappa shape index (κ1) is 29.2. The summed E-state index contributed by atoms with van der Waals surface area (Å²) in [6.07, 6.45) is -5.58. The lowest BCUT2D eigenvalue weighted by atomic mass is 9.98. The molecule has 1 aliphatic heterocycles. The van der Waals surface area contributed by atoms with Crippen LogP contribution in [0.2, 0.25) is 0 Å². The molecule has 8 nitrogen and oxygen atoms in total. The summed E-state index contributed by atoms with van der Waals surface area (Å²) in [6, 6.07) is 36.0. The van der Waals surface area contributed by atoms with Gasteiger partial charge in [0.15, 0.2) is 12.4 Å². The third-order valence-electron chi connectivity index (χ3n) is 6.82. The van der Waals surface area contributed by atoms with Gasteiger partial charge in [-0.2, -0.15) is 0 Å². The number of aliphatic hydroxyl groups is 1. The third-order valence-corrected chi connectivity index (χ3v) is 6.82. The molecular formula is C34H32O8. The molecule has 0 amide bonds. The highest BCUT2D eigenvalue weighted by Crippen LogP contribution is 2.30. The number of carbonyl (C=O) groups excluding carboxylic acids is 2. The van der Waals surface area contributed by atoms with Crippen molar-refractivity contribution in [3.05, 3.63) is 144 Å². The van der Waals surface area contributed by atoms with Crippen LogP contribution in [0.5, 0.6) is 0 Å². The van der Waals surface area contributed by atoms with E-state index in [1.165, 1.54) is 0 Å². The molecule has 0 aliphatic carbocycles. The summed E-state index contributed by atoms with van der Waals surface area (Å²) in [7, 11) is 0. The van der Waals surface area contributed by atoms with Crippen LogP contribution in [0.25, 0.3) is 0 Å². The molecular weight excluding hydrogens is 536 g/mol. The first-order chi connectivity index (χ1) is 20.6. The maximum absolute atomic E-state index is 13.3. The molecule has 0 radical (unpaired) electrons. The number of rotatable bonds is 11. The molecule has 1 heterocycles. The normalized spacial score (nSPS) is 21.8. The largest absolute Gasteiger partial charge is 0.459 e. The van der Waals surface area contributed by atoms with Gasteiger partial charge >= 0.3 is 11.9 Å². The Hall–Kier alpha value is -4.34. The van der Waals surface area contributed by atoms with E-state index < -0.39 is 42.6 Å². The second-order valence-corrected chi connectivity index (χ2v) is 9.79. The van der Waals surface area contributed by atoms with Gasteiger partial charge in [0, 0.05) is 0 Å². The van der Waals surface area contributed by atoms with Gasteiger partial charge in [0.05, 0.1) is 24.3 Å². The van der Waals surface area contributed by atoms with Crippen molar-refractivity contribution in [2.75, 3.05) is 6.61 Å². The maximum Gasteiger partial charge on any atom is 0.338 e. The molecule has 0 saturated carbocycles. The molecule has 0 aromatic heterocycles. The second kappa shape index (κ2) is 14.5. The van der Waals surface area contributed by atoms with Gasteiger partial charge in [-0.15, -0.1) is 0 Å². The van der Waals surface area contributed by atoms with E-state index in [1.54, 1.807) is 60.7 Å². The summed E-state index contributed by atoms with van der Waals surface area (Å²) in [5, 5.41) is 11.1. The van der Waals surface area contributed by atoms with Crippen molar-refractivity contribution in [1.29, 1.82) is 0 Å². The summed E-state index contributed by atoms with van der Waals surface area (Å²) < 4.78 is 29.9. The van der Waals surface area contributed by atoms with Crippen molar-refractivity contribution in [2.45, 2.75) is 43.9 Å². The van der Waals surface area contributed by atoms with E-state index in [4.69, 9.17) is 23.7 Å². The quantitative estimate of drug-likeness (QED) is 0.254. The Morgan fingerprint density at radius 1 is 0.595 bits per heavy atom. The molecule has 8 heteroatoms. The average molecular weight is 569 g/mol. The number of ether oxygens (including phenoxy) is 5. The van der Waals surface area contributed by atoms with Gasteiger partial charge < -0.3 is 28.8 Å². The SMILES string of the molecule is O=C(OC[C@H]1O[C@@H](O)[C@H](OCc2ccccc2)[C@@H](OCc2ccccc2)[C@H]1OC(=O)c1ccccc1)c1ccccc1. The van der Waals surface area contributed by atoms with Gasteiger partial charge in [-0.05, 0) is 35.4 Å². The van der Waals surface area contributed by atoms with Crippen molar-refractivity contribution in [2.24, 2.45) is 0 Å². The zero-order chi connectivity index (χ0) is 29.1. The van der Waals surface area contributed by atoms with Gasteiger partial charge in [-0.3, -0.25) is 0 Å². The van der Waals surface area contributed by atoms with Crippen LogP contribution in [-0.4, -0.2) is 54.4 Å². The minimum Gasteiger partial charge on any atom is -0.459 e. The van der Waals surface area contributed by atoms with Gasteiger partial charge in [0.1, 0.15) is 24.9 Å². The van der Waals surface area contributed by atoms with Crippen molar-refractivity contribution in [3.8, 4) is 0 Å². The van der Waals surface area contributed by atoms with Gasteiger partial charge in [-0.25, -0.2) is 9.59 Å². The molecule has 1 saturated heterocycles. The molecule has 1 fully saturated rings. The average Bonchev–Trinajstić information content (AvgIpc) is 3.05. The lowest BCUT2D eigenvalue weighted by molar-refractivity contribution is -0.306. The van der Waals surface area contributed by atoms with E-state index in [9.17, 15) is 14.7 Å². The fourth-order valence-electron chi connectivity index (χ4n) is 4.65. The molecule has 216 valence electrons. The molecule has 1 N–H and O–H groups in total. The molecule has 0 unspecified atom stereocenters. The molecule has 4 aromatic carbocycles. The number of hydrogen-bond donors (Lipinski definition) is 1. The van der Waals surface area contributed by atoms with Gasteiger partial charge in [-0.1, -0.05) is 97.1 Å². The predicted octanol–water partition coefficient (Wildman–Crippen LogP) is 4.96. The first-order valence-electron chi connectivity index (χ1n) is 13.7. The van der Waals surface area contributed by atoms with Crippen LogP contribution in [0.1, 0.15) is 31.8 Å². The fraction of sp³-hybridized carbons (Fsp3) is 0.235. The Morgan fingerprint density at radius 3 is 1.57 bits per heavy atom. The number of benzene rings is 4. The topological polar surface area (TPSA) is 101 Å². The zero-order valence-corrected chi connectivity index (χ0v) is 22.9. The molecule has 42 heavy (non-hydrogen) atoms. The van der Waals surface area contributed by atoms with Gasteiger partial charge in [0.25, 0.3) is 0 Å². The zero-order valence-electron chi connectivity index (χ0n) is 22.9. The third kappa shape index (κ3) is 7.69. The molecule has 5 rings (SSSR count). The Morgan fingerprint density at radius 2 is 1.05 bits per heavy atom. The highest BCUT2D eigenvalue weighted by molar-refractivity contribution is 5.90. The van der Waals surface area contributed by atoms with Crippen molar-refractivity contribution < 1.29 is 38.4 Å². The standard InChI is InChI=1S/C34H32O8/c35-32(26-17-9-3-10-18-26)40-23-28-29(42-33(36)27-19-11-4-12-20-27)30(38-21-24-13-5-1-6-14-24)31(34(37)41-28)39-22-25-15-7-2-8-16-25/h1-20,28-31,34,37H,21-23H2/t28-,29+,30+,31-,34-/m1/s1. The van der Waals surface area contributed by atoms with E-state index in [-0.39, 0.29) is 19.8 Å². The lowest BCUT2D eigenvalue weighted by Gasteiger charge is -2.43. The minimum atomic E-state index is -1.46. The Bertz CT molecular complexity index is 1400. The highest BCUT2D eigenvalue weighted by Gasteiger charge is 2.50. The van der Waals surface area contributed by atoms with E-state index >= 15 is 0 Å². The minimum absolute atomic E-state index is 0.152. The lowest BCUT2D eigenvalue weighted by Crippen LogP contribution is -2.61. The van der Waals surface area contributed by atoms with Crippen molar-refractivity contribution in [1.82, 2.24) is 0 Å². The van der Waals surface area contributed by atoms with Crippen LogP contribution in [-0.2, 0) is 36.9 Å². The van der Waals surface area contributed by atoms with E-state index in [1.807, 2.05) is 60.7 Å². The van der Waals surface area contributed by atoms with E-state index in [2.05, 4.69) is 0 Å². The number of hydrogen-bond acceptors (Lipinski definition) is 8. The van der Waals surface area contributed by atoms with E-state index in [0.29, 0.717) is 11.1 Å². The number of carbonyl (C=O) groups is 2. The summed E-state index contributed by atoms with van der Waals surface area (Å²) in [5.74, 6) is -1.19. The number of esters is 2. The van der Waals surface area contributed by atoms with Crippen molar-refractivity contribution in [3.63, 3.8) is 0 Å². The van der Waals surface area contributed by atoms with Crippen LogP contribution in [0.15, 0.2) is 121 Å². The van der Waals surface area contributed by atoms with Crippen LogP contribution < -0.4 is 0 Å². The molecule has 4 aromatic rings. The van der Waals surface area contributed by atoms with Crippen molar-refractivity contribution >= 4 is 11.9 Å². The Kier molecular flexibility index (Phi) is 10.1. The molecule has 0 bridgehead atoms. The molecule has 5 atom stereocenters. The van der Waals surface area contributed by atoms with Crippen LogP contribution in [0, 0.1) is 0 Å². The summed E-state index contributed by atoms with van der Waals surface area (Å²) in [4.78, 5) is 26.0. The number of aliphatic hydroxyl groups excluding tert-OH is 1. The van der Waals surface area contributed by atoms with Crippen LogP contribution >= 0.6 is 0 Å². The monoisotopic (exact) mass is 568 g/mol. The molecule has 0 spiro atoms. The molecule has 1 aliphatic rings. The summed E-state index contributed by atoms with van der Waals surface area (Å²) in [6.45, 7) is 0.0115. The summed E-state index contributed by atoms with van der Waals surface area (Å²) >= 11 is 0. The Labute approximate surface area is 244 Å². The fourth-order valence-corrected chi connectivity index (χ4v) is 4.65. The smallest absolute Gasteiger partial charge is 0.338 e. The van der Waals surface area contributed by atoms with Crippen LogP contribution in [0.4, 0.5) is 0 Å². The van der Waals surface area contributed by atoms with Crippen LogP contribution in [0.3, 0.4) is 0 Å².